The van der Waals surface area contributed by atoms with Crippen molar-refractivity contribution < 1.29 is 19.1 Å². The summed E-state index contributed by atoms with van der Waals surface area (Å²) in [6, 6.07) is 14.0. The number of hydrogen-bond donors (Lipinski definition) is 3. The Bertz CT molecular complexity index is 1450. The summed E-state index contributed by atoms with van der Waals surface area (Å²) in [6.07, 6.45) is 1.31. The van der Waals surface area contributed by atoms with E-state index in [2.05, 4.69) is 20.5 Å². The van der Waals surface area contributed by atoms with Crippen LogP contribution >= 0.6 is 0 Å². The molecule has 3 atom stereocenters. The number of aromatic nitrogens is 1. The molecule has 3 aliphatic rings. The standard InChI is InChI=1S/C27H25N5O4/c1-28-22-13-27(17-6-3-4-7-19(17)30-26(27)35)14-32(22)25(34)23(15-10-11-15)31-24(33)20-12-16-18(29-20)8-5-9-21(16)36-2/h1,3-9,12,15,22-23H,10-11,13-14H2,2H3,(H2-,29,30,31,33,35)/p+1/t22-,23-,27-/m0/s1. The number of aromatic amines is 1. The fourth-order valence-corrected chi connectivity index (χ4v) is 5.61. The molecule has 1 aliphatic carbocycles. The summed E-state index contributed by atoms with van der Waals surface area (Å²) in [5.41, 5.74) is 1.79. The number of ether oxygens (including phenoxy) is 1. The first-order valence-electron chi connectivity index (χ1n) is 12.0. The highest BCUT2D eigenvalue weighted by atomic mass is 16.5. The molecule has 2 aromatic carbocycles. The van der Waals surface area contributed by atoms with Gasteiger partial charge >= 0.3 is 6.17 Å². The van der Waals surface area contributed by atoms with Gasteiger partial charge in [-0.25, -0.2) is 0 Å². The molecule has 6 rings (SSSR count). The van der Waals surface area contributed by atoms with Crippen molar-refractivity contribution in [2.75, 3.05) is 19.0 Å². The zero-order valence-corrected chi connectivity index (χ0v) is 19.8. The predicted octanol–water partition coefficient (Wildman–Crippen LogP) is 3.10. The largest absolute Gasteiger partial charge is 0.496 e. The number of H-pyrrole nitrogens is 1. The number of amides is 3. The Hall–Kier alpha value is -4.32. The van der Waals surface area contributed by atoms with Crippen molar-refractivity contribution in [3.8, 4) is 12.3 Å². The number of carbonyl (C=O) groups is 3. The van der Waals surface area contributed by atoms with Crippen LogP contribution in [0.3, 0.4) is 0 Å². The summed E-state index contributed by atoms with van der Waals surface area (Å²) >= 11 is 0. The molecule has 1 spiro atoms. The summed E-state index contributed by atoms with van der Waals surface area (Å²) in [5.74, 6) is -0.125. The van der Waals surface area contributed by atoms with E-state index < -0.39 is 17.6 Å². The number of nitrogens with one attached hydrogen (secondary N) is 3. The molecule has 3 heterocycles. The van der Waals surface area contributed by atoms with Gasteiger partial charge in [-0.3, -0.25) is 19.3 Å². The SMILES string of the molecule is C#[N+][C@@H]1C[C@@]2(CN1C(=O)[C@@H](NC(=O)c1cc3c(OC)cccc3[nH]1)C1CC1)C(=O)Nc1ccccc12. The minimum absolute atomic E-state index is 0.0278. The van der Waals surface area contributed by atoms with Crippen molar-refractivity contribution in [2.45, 2.75) is 36.9 Å². The number of methoxy groups -OCH3 is 1. The summed E-state index contributed by atoms with van der Waals surface area (Å²) in [4.78, 5) is 48.8. The minimum Gasteiger partial charge on any atom is -0.496 e. The molecular weight excluding hydrogens is 458 g/mol. The Balaban J connectivity index is 1.27. The lowest BCUT2D eigenvalue weighted by Gasteiger charge is -2.25. The third kappa shape index (κ3) is 3.33. The lowest BCUT2D eigenvalue weighted by atomic mass is 9.80. The van der Waals surface area contributed by atoms with Crippen molar-refractivity contribution >= 4 is 34.3 Å². The van der Waals surface area contributed by atoms with Gasteiger partial charge in [-0.2, -0.15) is 0 Å². The van der Waals surface area contributed by atoms with Crippen LogP contribution in [0, 0.1) is 12.5 Å². The summed E-state index contributed by atoms with van der Waals surface area (Å²) in [5, 5.41) is 6.66. The Morgan fingerprint density at radius 2 is 2.03 bits per heavy atom. The fraction of sp³-hybridized carbons (Fsp3) is 0.333. The van der Waals surface area contributed by atoms with Crippen molar-refractivity contribution in [1.29, 1.82) is 0 Å². The van der Waals surface area contributed by atoms with Crippen LogP contribution in [-0.2, 0) is 15.0 Å². The summed E-state index contributed by atoms with van der Waals surface area (Å²) in [6.45, 7) is 5.88. The maximum Gasteiger partial charge on any atom is 0.350 e. The molecule has 182 valence electrons. The first kappa shape index (κ1) is 22.2. The van der Waals surface area contributed by atoms with E-state index in [9.17, 15) is 14.4 Å². The first-order valence-corrected chi connectivity index (χ1v) is 12.0. The van der Waals surface area contributed by atoms with Crippen LogP contribution in [0.2, 0.25) is 0 Å². The molecule has 1 aromatic heterocycles. The highest BCUT2D eigenvalue weighted by molar-refractivity contribution is 6.07. The van der Waals surface area contributed by atoms with Gasteiger partial charge in [-0.15, -0.1) is 0 Å². The monoisotopic (exact) mass is 484 g/mol. The zero-order chi connectivity index (χ0) is 25.0. The summed E-state index contributed by atoms with van der Waals surface area (Å²) in [7, 11) is 1.58. The van der Waals surface area contributed by atoms with Crippen LogP contribution in [0.25, 0.3) is 15.7 Å². The average Bonchev–Trinajstić information content (AvgIpc) is 3.41. The van der Waals surface area contributed by atoms with Crippen LogP contribution in [0.15, 0.2) is 48.5 Å². The smallest absolute Gasteiger partial charge is 0.350 e. The van der Waals surface area contributed by atoms with Crippen molar-refractivity contribution in [2.24, 2.45) is 5.92 Å². The van der Waals surface area contributed by atoms with Gasteiger partial charge < -0.3 is 20.4 Å². The maximum atomic E-state index is 13.8. The van der Waals surface area contributed by atoms with Gasteiger partial charge in [0.05, 0.1) is 13.5 Å². The second kappa shape index (κ2) is 8.12. The molecule has 1 saturated heterocycles. The number of para-hydroxylation sites is 1. The van der Waals surface area contributed by atoms with Gasteiger partial charge in [0, 0.05) is 23.1 Å². The van der Waals surface area contributed by atoms with Crippen LogP contribution < -0.4 is 15.4 Å². The van der Waals surface area contributed by atoms with Gasteiger partial charge in [0.15, 0.2) is 0 Å². The fourth-order valence-electron chi connectivity index (χ4n) is 5.61. The lowest BCUT2D eigenvalue weighted by Crippen LogP contribution is -2.51. The van der Waals surface area contributed by atoms with Gasteiger partial charge in [-0.05, 0) is 48.6 Å². The minimum atomic E-state index is -0.911. The molecule has 2 aliphatic heterocycles. The van der Waals surface area contributed by atoms with Crippen molar-refractivity contribution in [3.05, 3.63) is 64.6 Å². The highest BCUT2D eigenvalue weighted by Crippen LogP contribution is 2.47. The van der Waals surface area contributed by atoms with Crippen LogP contribution in [0.5, 0.6) is 5.75 Å². The molecule has 3 aromatic rings. The van der Waals surface area contributed by atoms with E-state index in [0.29, 0.717) is 17.9 Å². The third-order valence-electron chi connectivity index (χ3n) is 7.65. The highest BCUT2D eigenvalue weighted by Gasteiger charge is 2.60. The van der Waals surface area contributed by atoms with Crippen LogP contribution in [0.1, 0.15) is 35.3 Å². The van der Waals surface area contributed by atoms with Gasteiger partial charge in [0.25, 0.3) is 18.4 Å². The number of carbonyl (C=O) groups excluding carboxylic acids is 3. The number of fused-ring (bicyclic) bond motifs is 3. The lowest BCUT2D eigenvalue weighted by molar-refractivity contribution is -0.134. The summed E-state index contributed by atoms with van der Waals surface area (Å²) < 4.78 is 5.39. The first-order chi connectivity index (χ1) is 17.4. The van der Waals surface area contributed by atoms with Crippen molar-refractivity contribution in [1.82, 2.24) is 15.2 Å². The Morgan fingerprint density at radius 1 is 1.22 bits per heavy atom. The quantitative estimate of drug-likeness (QED) is 0.517. The Kier molecular flexibility index (Phi) is 5.00. The molecule has 9 heteroatoms. The molecule has 1 saturated carbocycles. The molecule has 0 bridgehead atoms. The number of benzene rings is 2. The van der Waals surface area contributed by atoms with Crippen LogP contribution in [-0.4, -0.2) is 53.5 Å². The van der Waals surface area contributed by atoms with Gasteiger partial charge in [0.1, 0.15) is 22.9 Å². The second-order valence-corrected chi connectivity index (χ2v) is 9.77. The number of rotatable bonds is 5. The Labute approximate surface area is 207 Å². The van der Waals surface area contributed by atoms with E-state index in [4.69, 9.17) is 11.3 Å². The number of nitrogens with zero attached hydrogens (tertiary/aromatic N) is 2. The van der Waals surface area contributed by atoms with E-state index in [1.165, 1.54) is 0 Å². The topological polar surface area (TPSA) is 108 Å². The molecule has 0 unspecified atom stereocenters. The molecule has 2 fully saturated rings. The van der Waals surface area contributed by atoms with E-state index in [0.717, 1.165) is 35.0 Å². The maximum absolute atomic E-state index is 13.8. The van der Waals surface area contributed by atoms with Gasteiger partial charge in [0.2, 0.25) is 5.91 Å². The van der Waals surface area contributed by atoms with E-state index in [-0.39, 0.29) is 30.2 Å². The molecule has 9 nitrogen and oxygen atoms in total. The second-order valence-electron chi connectivity index (χ2n) is 9.77. The molecular formula is C27H26N5O4+. The number of hydrogen-bond acceptors (Lipinski definition) is 4. The molecule has 0 radical (unpaired) electrons. The molecule has 36 heavy (non-hydrogen) atoms. The predicted molar refractivity (Wildman–Crippen MR) is 134 cm³/mol. The van der Waals surface area contributed by atoms with E-state index in [1.54, 1.807) is 18.1 Å². The van der Waals surface area contributed by atoms with E-state index >= 15 is 0 Å². The average molecular weight is 485 g/mol. The Morgan fingerprint density at radius 3 is 2.78 bits per heavy atom. The van der Waals surface area contributed by atoms with E-state index in [1.807, 2.05) is 42.5 Å². The third-order valence-corrected chi connectivity index (χ3v) is 7.65. The number of likely N-dealkylation sites (tertiary alicyclic amines) is 1. The normalized spacial score (nSPS) is 23.3. The van der Waals surface area contributed by atoms with Crippen LogP contribution in [0.4, 0.5) is 5.69 Å². The van der Waals surface area contributed by atoms with Crippen molar-refractivity contribution in [3.63, 3.8) is 0 Å². The molecule has 3 amide bonds. The molecule has 3 N–H and O–H groups in total. The number of anilines is 1. The van der Waals surface area contributed by atoms with Gasteiger partial charge in [-0.1, -0.05) is 29.1 Å². The zero-order valence-electron chi connectivity index (χ0n) is 19.8.